The zero-order valence-corrected chi connectivity index (χ0v) is 10.2. The number of nitrogens with one attached hydrogen (secondary N) is 1. The van der Waals surface area contributed by atoms with E-state index in [-0.39, 0.29) is 0 Å². The van der Waals surface area contributed by atoms with Crippen LogP contribution >= 0.6 is 11.8 Å². The molecule has 2 rings (SSSR count). The lowest BCUT2D eigenvalue weighted by atomic mass is 9.90. The van der Waals surface area contributed by atoms with E-state index >= 15 is 0 Å². The van der Waals surface area contributed by atoms with E-state index in [4.69, 9.17) is 0 Å². The van der Waals surface area contributed by atoms with E-state index in [1.165, 1.54) is 44.0 Å². The molecule has 82 valence electrons. The van der Waals surface area contributed by atoms with Crippen molar-refractivity contribution >= 4 is 11.8 Å². The van der Waals surface area contributed by atoms with Gasteiger partial charge in [0, 0.05) is 24.9 Å². The van der Waals surface area contributed by atoms with Crippen molar-refractivity contribution in [1.82, 2.24) is 10.2 Å². The maximum Gasteiger partial charge on any atom is 0.0194 e. The second-order valence-electron chi connectivity index (χ2n) is 5.08. The van der Waals surface area contributed by atoms with E-state index in [0.717, 1.165) is 6.04 Å². The molecule has 3 heteroatoms. The van der Waals surface area contributed by atoms with Crippen molar-refractivity contribution < 1.29 is 0 Å². The lowest BCUT2D eigenvalue weighted by Gasteiger charge is -2.27. The molecule has 2 unspecified atom stereocenters. The third kappa shape index (κ3) is 2.26. The van der Waals surface area contributed by atoms with Gasteiger partial charge < -0.3 is 5.32 Å². The number of rotatable bonds is 3. The molecular formula is C11H22N2S. The molecule has 2 aliphatic heterocycles. The van der Waals surface area contributed by atoms with Gasteiger partial charge >= 0.3 is 0 Å². The van der Waals surface area contributed by atoms with Crippen molar-refractivity contribution in [2.45, 2.75) is 25.8 Å². The van der Waals surface area contributed by atoms with E-state index in [2.05, 4.69) is 35.9 Å². The summed E-state index contributed by atoms with van der Waals surface area (Å²) >= 11 is 2.13. The number of hydrogen-bond donors (Lipinski definition) is 1. The van der Waals surface area contributed by atoms with Crippen LogP contribution < -0.4 is 5.32 Å². The largest absolute Gasteiger partial charge is 0.319 e. The molecule has 0 amide bonds. The summed E-state index contributed by atoms with van der Waals surface area (Å²) in [6.07, 6.45) is 2.79. The van der Waals surface area contributed by atoms with Gasteiger partial charge in [0.15, 0.2) is 0 Å². The molecule has 2 fully saturated rings. The van der Waals surface area contributed by atoms with E-state index in [1.54, 1.807) is 0 Å². The van der Waals surface area contributed by atoms with Crippen LogP contribution in [0.2, 0.25) is 0 Å². The van der Waals surface area contributed by atoms with Crippen LogP contribution in [-0.4, -0.2) is 49.1 Å². The molecule has 0 saturated carbocycles. The topological polar surface area (TPSA) is 15.3 Å². The molecule has 14 heavy (non-hydrogen) atoms. The second-order valence-corrected chi connectivity index (χ2v) is 6.23. The van der Waals surface area contributed by atoms with Crippen molar-refractivity contribution in [2.75, 3.05) is 38.2 Å². The second kappa shape index (κ2) is 4.42. The Kier molecular flexibility index (Phi) is 3.40. The minimum absolute atomic E-state index is 0.530. The fourth-order valence-corrected chi connectivity index (χ4v) is 4.01. The Hall–Kier alpha value is 0.270. The highest BCUT2D eigenvalue weighted by Gasteiger charge is 2.36. The molecule has 0 aromatic heterocycles. The molecule has 1 N–H and O–H groups in total. The van der Waals surface area contributed by atoms with Gasteiger partial charge in [0.25, 0.3) is 0 Å². The van der Waals surface area contributed by atoms with Crippen LogP contribution in [0.1, 0.15) is 19.8 Å². The SMILES string of the molecule is CNCC1(C)CCN(C2CCSC2)C1. The zero-order chi connectivity index (χ0) is 10.0. The fourth-order valence-electron chi connectivity index (χ4n) is 2.75. The molecule has 0 aromatic carbocycles. The standard InChI is InChI=1S/C11H22N2S/c1-11(8-12-2)4-5-13(9-11)10-3-6-14-7-10/h10,12H,3-9H2,1-2H3. The van der Waals surface area contributed by atoms with E-state index in [0.29, 0.717) is 5.41 Å². The number of nitrogens with zero attached hydrogens (tertiary/aromatic N) is 1. The maximum absolute atomic E-state index is 3.33. The predicted molar refractivity (Wildman–Crippen MR) is 64.0 cm³/mol. The summed E-state index contributed by atoms with van der Waals surface area (Å²) in [5.41, 5.74) is 0.530. The Labute approximate surface area is 91.8 Å². The quantitative estimate of drug-likeness (QED) is 0.765. The first-order valence-corrected chi connectivity index (χ1v) is 6.85. The minimum atomic E-state index is 0.530. The number of hydrogen-bond acceptors (Lipinski definition) is 3. The molecule has 0 spiro atoms. The minimum Gasteiger partial charge on any atom is -0.319 e. The molecule has 0 aromatic rings. The normalized spacial score (nSPS) is 39.4. The first-order valence-electron chi connectivity index (χ1n) is 5.70. The number of likely N-dealkylation sites (tertiary alicyclic amines) is 1. The zero-order valence-electron chi connectivity index (χ0n) is 9.38. The first-order chi connectivity index (χ1) is 6.73. The summed E-state index contributed by atoms with van der Waals surface area (Å²) in [6, 6.07) is 0.888. The lowest BCUT2D eigenvalue weighted by molar-refractivity contribution is 0.224. The smallest absolute Gasteiger partial charge is 0.0194 e. The van der Waals surface area contributed by atoms with Crippen LogP contribution in [0.5, 0.6) is 0 Å². The third-order valence-corrected chi connectivity index (χ3v) is 4.76. The molecule has 2 nitrogen and oxygen atoms in total. The third-order valence-electron chi connectivity index (χ3n) is 3.61. The van der Waals surface area contributed by atoms with Gasteiger partial charge in [-0.2, -0.15) is 11.8 Å². The summed E-state index contributed by atoms with van der Waals surface area (Å²) in [6.45, 7) is 6.22. The average Bonchev–Trinajstić information content (AvgIpc) is 2.73. The lowest BCUT2D eigenvalue weighted by Crippen LogP contribution is -2.37. The number of thioether (sulfide) groups is 1. The monoisotopic (exact) mass is 214 g/mol. The Morgan fingerprint density at radius 3 is 3.07 bits per heavy atom. The van der Waals surface area contributed by atoms with E-state index in [1.807, 2.05) is 0 Å². The summed E-state index contributed by atoms with van der Waals surface area (Å²) in [5, 5.41) is 3.33. The van der Waals surface area contributed by atoms with Gasteiger partial charge in [-0.1, -0.05) is 6.92 Å². The Morgan fingerprint density at radius 1 is 1.57 bits per heavy atom. The van der Waals surface area contributed by atoms with Crippen LogP contribution in [0, 0.1) is 5.41 Å². The molecular weight excluding hydrogens is 192 g/mol. The van der Waals surface area contributed by atoms with Gasteiger partial charge in [-0.3, -0.25) is 4.90 Å². The van der Waals surface area contributed by atoms with Gasteiger partial charge in [0.2, 0.25) is 0 Å². The first kappa shape index (κ1) is 10.8. The van der Waals surface area contributed by atoms with Crippen LogP contribution in [0.3, 0.4) is 0 Å². The van der Waals surface area contributed by atoms with Crippen molar-refractivity contribution in [3.8, 4) is 0 Å². The summed E-state index contributed by atoms with van der Waals surface area (Å²) in [7, 11) is 2.07. The van der Waals surface area contributed by atoms with Gasteiger partial charge in [-0.15, -0.1) is 0 Å². The van der Waals surface area contributed by atoms with Crippen molar-refractivity contribution in [1.29, 1.82) is 0 Å². The van der Waals surface area contributed by atoms with Gasteiger partial charge in [-0.05, 0) is 37.6 Å². The molecule has 2 atom stereocenters. The average molecular weight is 214 g/mol. The van der Waals surface area contributed by atoms with Crippen molar-refractivity contribution in [3.63, 3.8) is 0 Å². The highest BCUT2D eigenvalue weighted by atomic mass is 32.2. The highest BCUT2D eigenvalue weighted by Crippen LogP contribution is 2.33. The molecule has 2 aliphatic rings. The highest BCUT2D eigenvalue weighted by molar-refractivity contribution is 7.99. The van der Waals surface area contributed by atoms with Gasteiger partial charge in [0.1, 0.15) is 0 Å². The van der Waals surface area contributed by atoms with Crippen molar-refractivity contribution in [2.24, 2.45) is 5.41 Å². The summed E-state index contributed by atoms with van der Waals surface area (Å²) in [4.78, 5) is 2.72. The van der Waals surface area contributed by atoms with Gasteiger partial charge in [0.05, 0.1) is 0 Å². The summed E-state index contributed by atoms with van der Waals surface area (Å²) < 4.78 is 0. The Bertz CT molecular complexity index is 192. The van der Waals surface area contributed by atoms with Crippen LogP contribution in [0.25, 0.3) is 0 Å². The molecule has 0 bridgehead atoms. The van der Waals surface area contributed by atoms with Crippen LogP contribution in [0.4, 0.5) is 0 Å². The fraction of sp³-hybridized carbons (Fsp3) is 1.00. The molecule has 2 saturated heterocycles. The van der Waals surface area contributed by atoms with Crippen LogP contribution in [0.15, 0.2) is 0 Å². The molecule has 0 radical (unpaired) electrons. The van der Waals surface area contributed by atoms with E-state index < -0.39 is 0 Å². The molecule has 2 heterocycles. The Balaban J connectivity index is 1.86. The summed E-state index contributed by atoms with van der Waals surface area (Å²) in [5.74, 6) is 2.75. The maximum atomic E-state index is 3.33. The van der Waals surface area contributed by atoms with Crippen LogP contribution in [-0.2, 0) is 0 Å². The molecule has 0 aliphatic carbocycles. The van der Waals surface area contributed by atoms with Crippen molar-refractivity contribution in [3.05, 3.63) is 0 Å². The van der Waals surface area contributed by atoms with E-state index in [9.17, 15) is 0 Å². The predicted octanol–water partition coefficient (Wildman–Crippen LogP) is 1.42. The van der Waals surface area contributed by atoms with Gasteiger partial charge in [-0.25, -0.2) is 0 Å². The Morgan fingerprint density at radius 2 is 2.43 bits per heavy atom.